The van der Waals surface area contributed by atoms with Gasteiger partial charge >= 0.3 is 0 Å². The van der Waals surface area contributed by atoms with Gasteiger partial charge in [0.15, 0.2) is 5.82 Å². The van der Waals surface area contributed by atoms with Crippen molar-refractivity contribution in [2.24, 2.45) is 0 Å². The van der Waals surface area contributed by atoms with Crippen LogP contribution in [0.4, 0.5) is 0 Å². The van der Waals surface area contributed by atoms with Gasteiger partial charge in [-0.3, -0.25) is 14.6 Å². The molecule has 2 saturated heterocycles. The van der Waals surface area contributed by atoms with E-state index in [1.807, 2.05) is 4.90 Å². The third kappa shape index (κ3) is 3.93. The van der Waals surface area contributed by atoms with Crippen molar-refractivity contribution in [2.75, 3.05) is 59.0 Å². The predicted octanol–water partition coefficient (Wildman–Crippen LogP) is -0.0766. The molecule has 0 spiro atoms. The minimum Gasteiger partial charge on any atom is -0.378 e. The van der Waals surface area contributed by atoms with Crippen LogP contribution in [0.25, 0.3) is 0 Å². The van der Waals surface area contributed by atoms with Gasteiger partial charge in [-0.05, 0) is 12.8 Å². The second-order valence-corrected chi connectivity index (χ2v) is 6.87. The number of rotatable bonds is 5. The minimum absolute atomic E-state index is 0.220. The van der Waals surface area contributed by atoms with Crippen LogP contribution < -0.4 is 0 Å². The molecule has 0 unspecified atom stereocenters. The molecule has 4 rings (SSSR count). The Bertz CT molecular complexity index is 560. The highest BCUT2D eigenvalue weighted by Crippen LogP contribution is 2.38. The fourth-order valence-corrected chi connectivity index (χ4v) is 3.24. The fraction of sp³-hybridized carbons (Fsp3) is 0.812. The van der Waals surface area contributed by atoms with Gasteiger partial charge in [0.05, 0.1) is 26.3 Å². The molecule has 3 fully saturated rings. The second-order valence-electron chi connectivity index (χ2n) is 6.87. The summed E-state index contributed by atoms with van der Waals surface area (Å²) in [6, 6.07) is 0. The molecule has 0 N–H and O–H groups in total. The Labute approximate surface area is 141 Å². The van der Waals surface area contributed by atoms with Crippen LogP contribution in [0.2, 0.25) is 0 Å². The number of piperazine rings is 1. The highest BCUT2D eigenvalue weighted by atomic mass is 16.5. The molecule has 3 aliphatic rings. The number of hydrogen-bond acceptors (Lipinski definition) is 7. The number of amides is 1. The van der Waals surface area contributed by atoms with E-state index in [1.54, 1.807) is 0 Å². The molecule has 1 aliphatic carbocycles. The summed E-state index contributed by atoms with van der Waals surface area (Å²) in [4.78, 5) is 23.2. The Hall–Kier alpha value is -1.51. The zero-order valence-electron chi connectivity index (χ0n) is 14.0. The number of morpholine rings is 1. The van der Waals surface area contributed by atoms with Gasteiger partial charge in [0.2, 0.25) is 11.8 Å². The predicted molar refractivity (Wildman–Crippen MR) is 85.4 cm³/mol. The Morgan fingerprint density at radius 3 is 2.46 bits per heavy atom. The van der Waals surface area contributed by atoms with E-state index in [2.05, 4.69) is 19.9 Å². The average molecular weight is 335 g/mol. The Morgan fingerprint density at radius 1 is 1.04 bits per heavy atom. The van der Waals surface area contributed by atoms with Crippen LogP contribution in [0.3, 0.4) is 0 Å². The van der Waals surface area contributed by atoms with Crippen molar-refractivity contribution in [3.8, 4) is 0 Å². The minimum atomic E-state index is 0.220. The summed E-state index contributed by atoms with van der Waals surface area (Å²) in [5.41, 5.74) is 0. The zero-order chi connectivity index (χ0) is 16.4. The summed E-state index contributed by atoms with van der Waals surface area (Å²) in [7, 11) is 0. The molecule has 0 aromatic carbocycles. The van der Waals surface area contributed by atoms with Gasteiger partial charge in [-0.15, -0.1) is 0 Å². The topological polar surface area (TPSA) is 74.9 Å². The van der Waals surface area contributed by atoms with Crippen LogP contribution in [0.5, 0.6) is 0 Å². The first-order valence-corrected chi connectivity index (χ1v) is 8.90. The quantitative estimate of drug-likeness (QED) is 0.745. The maximum atomic E-state index is 12.3. The molecular formula is C16H25N5O3. The summed E-state index contributed by atoms with van der Waals surface area (Å²) in [6.07, 6.45) is 2.38. The monoisotopic (exact) mass is 335 g/mol. The number of nitrogens with zero attached hydrogens (tertiary/aromatic N) is 5. The van der Waals surface area contributed by atoms with Gasteiger partial charge in [-0.1, -0.05) is 5.16 Å². The smallest absolute Gasteiger partial charge is 0.240 e. The van der Waals surface area contributed by atoms with Gasteiger partial charge in [-0.2, -0.15) is 4.98 Å². The van der Waals surface area contributed by atoms with Crippen molar-refractivity contribution in [3.05, 3.63) is 11.7 Å². The molecule has 0 atom stereocenters. The van der Waals surface area contributed by atoms with Crippen molar-refractivity contribution >= 4 is 5.91 Å². The van der Waals surface area contributed by atoms with Gasteiger partial charge in [-0.25, -0.2) is 0 Å². The fourth-order valence-electron chi connectivity index (χ4n) is 3.24. The van der Waals surface area contributed by atoms with Crippen molar-refractivity contribution in [1.82, 2.24) is 24.8 Å². The summed E-state index contributed by atoms with van der Waals surface area (Å²) < 4.78 is 10.6. The highest BCUT2D eigenvalue weighted by molar-refractivity contribution is 5.78. The number of carbonyl (C=O) groups is 1. The molecule has 8 heteroatoms. The zero-order valence-corrected chi connectivity index (χ0v) is 14.0. The van der Waals surface area contributed by atoms with Crippen molar-refractivity contribution in [2.45, 2.75) is 25.3 Å². The third-order valence-corrected chi connectivity index (χ3v) is 4.97. The maximum absolute atomic E-state index is 12.3. The van der Waals surface area contributed by atoms with Crippen LogP contribution in [-0.2, 0) is 16.1 Å². The van der Waals surface area contributed by atoms with Crippen LogP contribution in [0.15, 0.2) is 4.52 Å². The van der Waals surface area contributed by atoms with Gasteiger partial charge in [0.1, 0.15) is 0 Å². The lowest BCUT2D eigenvalue weighted by Gasteiger charge is -2.35. The third-order valence-electron chi connectivity index (χ3n) is 4.97. The summed E-state index contributed by atoms with van der Waals surface area (Å²) >= 11 is 0. The van der Waals surface area contributed by atoms with Gasteiger partial charge in [0, 0.05) is 45.2 Å². The molecular weight excluding hydrogens is 310 g/mol. The first kappa shape index (κ1) is 16.0. The van der Waals surface area contributed by atoms with E-state index >= 15 is 0 Å². The molecule has 132 valence electrons. The second kappa shape index (κ2) is 7.16. The van der Waals surface area contributed by atoms with E-state index in [9.17, 15) is 4.79 Å². The largest absolute Gasteiger partial charge is 0.378 e. The molecule has 2 aliphatic heterocycles. The van der Waals surface area contributed by atoms with E-state index < -0.39 is 0 Å². The first-order chi connectivity index (χ1) is 11.8. The molecule has 24 heavy (non-hydrogen) atoms. The Kier molecular flexibility index (Phi) is 4.77. The number of carbonyl (C=O) groups excluding carboxylic acids is 1. The summed E-state index contributed by atoms with van der Waals surface area (Å²) in [6.45, 7) is 7.65. The number of aromatic nitrogens is 2. The maximum Gasteiger partial charge on any atom is 0.240 e. The van der Waals surface area contributed by atoms with Crippen molar-refractivity contribution < 1.29 is 14.1 Å². The lowest BCUT2D eigenvalue weighted by Crippen LogP contribution is -2.51. The number of ether oxygens (including phenoxy) is 1. The molecule has 1 aromatic rings. The van der Waals surface area contributed by atoms with Gasteiger partial charge in [0.25, 0.3) is 0 Å². The van der Waals surface area contributed by atoms with E-state index in [1.165, 1.54) is 12.8 Å². The highest BCUT2D eigenvalue weighted by Gasteiger charge is 2.29. The number of hydrogen-bond donors (Lipinski definition) is 0. The lowest BCUT2D eigenvalue weighted by atomic mass is 10.3. The lowest BCUT2D eigenvalue weighted by molar-refractivity contribution is -0.136. The van der Waals surface area contributed by atoms with E-state index in [-0.39, 0.29) is 5.91 Å². The van der Waals surface area contributed by atoms with Crippen molar-refractivity contribution in [3.63, 3.8) is 0 Å². The molecule has 1 amide bonds. The Balaban J connectivity index is 1.20. The molecule has 3 heterocycles. The molecule has 1 aromatic heterocycles. The molecule has 0 radical (unpaired) electrons. The van der Waals surface area contributed by atoms with Crippen molar-refractivity contribution in [1.29, 1.82) is 0 Å². The van der Waals surface area contributed by atoms with E-state index in [0.29, 0.717) is 32.2 Å². The average Bonchev–Trinajstić information content (AvgIpc) is 3.37. The van der Waals surface area contributed by atoms with Gasteiger partial charge < -0.3 is 14.2 Å². The van der Waals surface area contributed by atoms with E-state index in [4.69, 9.17) is 9.26 Å². The van der Waals surface area contributed by atoms with Crippen LogP contribution >= 0.6 is 0 Å². The summed E-state index contributed by atoms with van der Waals surface area (Å²) in [5, 5.41) is 4.07. The van der Waals surface area contributed by atoms with Crippen LogP contribution in [-0.4, -0.2) is 89.8 Å². The van der Waals surface area contributed by atoms with Crippen LogP contribution in [0, 0.1) is 0 Å². The normalized spacial score (nSPS) is 23.6. The van der Waals surface area contributed by atoms with Crippen LogP contribution in [0.1, 0.15) is 30.5 Å². The SMILES string of the molecule is O=C(CN1CCN(Cc2nc(C3CC3)no2)CC1)N1CCOCC1. The first-order valence-electron chi connectivity index (χ1n) is 8.90. The Morgan fingerprint density at radius 2 is 1.75 bits per heavy atom. The molecule has 0 bridgehead atoms. The summed E-state index contributed by atoms with van der Waals surface area (Å²) in [5.74, 6) is 2.35. The molecule has 8 nitrogen and oxygen atoms in total. The van der Waals surface area contributed by atoms with E-state index in [0.717, 1.165) is 51.0 Å². The molecule has 1 saturated carbocycles. The standard InChI is InChI=1S/C16H25N5O3/c22-15(21-7-9-23-10-8-21)12-20-5-3-19(4-6-20)11-14-17-16(18-24-14)13-1-2-13/h13H,1-12H2.